The highest BCUT2D eigenvalue weighted by Gasteiger charge is 2.78. The van der Waals surface area contributed by atoms with Crippen molar-refractivity contribution in [1.82, 2.24) is 0 Å². The lowest BCUT2D eigenvalue weighted by Gasteiger charge is -2.69. The van der Waals surface area contributed by atoms with Crippen molar-refractivity contribution < 1.29 is 43.5 Å². The highest BCUT2D eigenvalue weighted by molar-refractivity contribution is 5.89. The van der Waals surface area contributed by atoms with Crippen LogP contribution in [0.4, 0.5) is 0 Å². The molecule has 2 saturated heterocycles. The van der Waals surface area contributed by atoms with Crippen molar-refractivity contribution in [1.29, 1.82) is 0 Å². The van der Waals surface area contributed by atoms with E-state index in [0.717, 1.165) is 11.1 Å². The maximum Gasteiger partial charge on any atom is 0.338 e. The van der Waals surface area contributed by atoms with Crippen LogP contribution in [0.3, 0.4) is 0 Å². The summed E-state index contributed by atoms with van der Waals surface area (Å²) < 4.78 is 32.3. The Morgan fingerprint density at radius 3 is 2.31 bits per heavy atom. The van der Waals surface area contributed by atoms with Crippen LogP contribution < -0.4 is 0 Å². The molecule has 0 aromatic heterocycles. The molecule has 9 nitrogen and oxygen atoms in total. The fourth-order valence-electron chi connectivity index (χ4n) is 9.08. The summed E-state index contributed by atoms with van der Waals surface area (Å²) in [4.78, 5) is 26.6. The van der Waals surface area contributed by atoms with Gasteiger partial charge in [0.05, 0.1) is 30.3 Å². The maximum absolute atomic E-state index is 13.9. The van der Waals surface area contributed by atoms with Crippen molar-refractivity contribution in [3.63, 3.8) is 0 Å². The van der Waals surface area contributed by atoms with Gasteiger partial charge in [-0.15, -0.1) is 0 Å². The number of benzene rings is 1. The Hall–Kier alpha value is -2.30. The quantitative estimate of drug-likeness (QED) is 0.402. The van der Waals surface area contributed by atoms with E-state index in [0.29, 0.717) is 12.0 Å². The summed E-state index contributed by atoms with van der Waals surface area (Å²) in [6, 6.07) is 8.64. The largest absolute Gasteiger partial charge is 0.455 e. The summed E-state index contributed by atoms with van der Waals surface area (Å²) in [5.41, 5.74) is -3.03. The van der Waals surface area contributed by atoms with Crippen LogP contribution in [0.15, 0.2) is 41.5 Å². The Morgan fingerprint density at radius 2 is 1.71 bits per heavy atom. The lowest BCUT2D eigenvalue weighted by Crippen LogP contribution is -2.81. The zero-order valence-corrected chi connectivity index (χ0v) is 25.8. The molecule has 1 unspecified atom stereocenters. The molecule has 0 radical (unpaired) electrons. The molecule has 42 heavy (non-hydrogen) atoms. The van der Waals surface area contributed by atoms with Crippen molar-refractivity contribution in [3.05, 3.63) is 47.0 Å². The van der Waals surface area contributed by atoms with Gasteiger partial charge in [-0.3, -0.25) is 4.79 Å². The van der Waals surface area contributed by atoms with Crippen LogP contribution in [0.5, 0.6) is 0 Å². The number of esters is 2. The van der Waals surface area contributed by atoms with E-state index in [4.69, 9.17) is 23.7 Å². The molecule has 10 atom stereocenters. The molecule has 2 aliphatic heterocycles. The van der Waals surface area contributed by atoms with Gasteiger partial charge < -0.3 is 33.9 Å². The molecule has 2 bridgehead atoms. The summed E-state index contributed by atoms with van der Waals surface area (Å²) in [5, 5.41) is 24.6. The van der Waals surface area contributed by atoms with Crippen LogP contribution in [-0.4, -0.2) is 76.3 Å². The summed E-state index contributed by atoms with van der Waals surface area (Å²) in [7, 11) is 0. The fraction of sp³-hybridized carbons (Fsp3) is 0.697. The zero-order chi connectivity index (χ0) is 30.6. The van der Waals surface area contributed by atoms with E-state index < -0.39 is 76.2 Å². The Bertz CT molecular complexity index is 1320. The van der Waals surface area contributed by atoms with Crippen molar-refractivity contribution in [2.45, 2.75) is 116 Å². The minimum atomic E-state index is -1.77. The number of rotatable bonds is 3. The lowest BCUT2D eigenvalue weighted by atomic mass is 9.43. The van der Waals surface area contributed by atoms with Gasteiger partial charge in [0, 0.05) is 24.2 Å². The summed E-state index contributed by atoms with van der Waals surface area (Å²) in [6.45, 7) is 15.1. The number of fused-ring (bicyclic) bond motifs is 8. The number of hydrogen-bond donors (Lipinski definition) is 2. The van der Waals surface area contributed by atoms with Crippen LogP contribution in [-0.2, 0) is 28.5 Å². The van der Waals surface area contributed by atoms with Gasteiger partial charge in [0.15, 0.2) is 11.4 Å². The maximum atomic E-state index is 13.9. The first-order valence-corrected chi connectivity index (χ1v) is 15.0. The van der Waals surface area contributed by atoms with Gasteiger partial charge in [-0.2, -0.15) is 0 Å². The highest BCUT2D eigenvalue weighted by Crippen LogP contribution is 2.68. The van der Waals surface area contributed by atoms with Crippen LogP contribution >= 0.6 is 0 Å². The van der Waals surface area contributed by atoms with Gasteiger partial charge in [-0.25, -0.2) is 4.79 Å². The monoisotopic (exact) mass is 584 g/mol. The third-order valence-electron chi connectivity index (χ3n) is 11.4. The Balaban J connectivity index is 1.66. The molecule has 5 aliphatic rings. The molecule has 1 aromatic carbocycles. The van der Waals surface area contributed by atoms with E-state index >= 15 is 0 Å². The molecular formula is C33H44O9. The summed E-state index contributed by atoms with van der Waals surface area (Å²) in [5.74, 6) is -2.90. The summed E-state index contributed by atoms with van der Waals surface area (Å²) in [6.07, 6.45) is -3.36. The Morgan fingerprint density at radius 1 is 1.05 bits per heavy atom. The lowest BCUT2D eigenvalue weighted by molar-refractivity contribution is -0.356. The first-order valence-electron chi connectivity index (χ1n) is 15.0. The standard InChI is InChI=1S/C33H44O9/c1-17-14-22-32(16-38-22,40-19(3)34)25-27(39-28(36)20-12-10-9-11-13-20)33(37)15-21(35)18(2)23(29(33,4)5)24-26(31(17,25)8)42-30(6,7)41-24/h9-13,17,21-22,24-27,35,37H,14-16H2,1-8H3/t17?,21-,22+,24+,25-,26+,27-,31+,32-,33+/m0/s1. The molecular weight excluding hydrogens is 540 g/mol. The zero-order valence-electron chi connectivity index (χ0n) is 25.8. The van der Waals surface area contributed by atoms with E-state index in [1.807, 2.05) is 40.7 Å². The molecule has 9 heteroatoms. The third kappa shape index (κ3) is 3.86. The number of aliphatic hydroxyl groups is 2. The van der Waals surface area contributed by atoms with Gasteiger partial charge in [-0.05, 0) is 56.4 Å². The number of carbonyl (C=O) groups excluding carboxylic acids is 2. The molecule has 230 valence electrons. The van der Waals surface area contributed by atoms with Crippen LogP contribution in [0.2, 0.25) is 0 Å². The molecule has 2 saturated carbocycles. The molecule has 4 fully saturated rings. The topological polar surface area (TPSA) is 121 Å². The molecule has 6 rings (SSSR count). The summed E-state index contributed by atoms with van der Waals surface area (Å²) >= 11 is 0. The normalized spacial score (nSPS) is 44.9. The van der Waals surface area contributed by atoms with Crippen molar-refractivity contribution >= 4 is 11.9 Å². The predicted molar refractivity (Wildman–Crippen MR) is 151 cm³/mol. The minimum Gasteiger partial charge on any atom is -0.455 e. The SMILES string of the molecule is CC(=O)O[C@@]12CO[C@@H]1CC(C)[C@@]1(C)[C@@H]3OC(C)(C)O[C@@H]3C3=C(C)[C@@H](O)C[C@@](O)([C@@H](OC(=O)c4ccccc4)[C@H]21)C3(C)C. The predicted octanol–water partition coefficient (Wildman–Crippen LogP) is 3.95. The number of ether oxygens (including phenoxy) is 5. The van der Waals surface area contributed by atoms with Gasteiger partial charge in [0.1, 0.15) is 23.9 Å². The molecule has 0 spiro atoms. The van der Waals surface area contributed by atoms with Crippen molar-refractivity contribution in [2.24, 2.45) is 22.7 Å². The van der Waals surface area contributed by atoms with Crippen LogP contribution in [0, 0.1) is 22.7 Å². The number of hydrogen-bond acceptors (Lipinski definition) is 9. The van der Waals surface area contributed by atoms with E-state index in [2.05, 4.69) is 13.8 Å². The smallest absolute Gasteiger partial charge is 0.338 e. The highest BCUT2D eigenvalue weighted by atomic mass is 16.8. The number of aliphatic hydroxyl groups excluding tert-OH is 1. The molecule has 3 aliphatic carbocycles. The van der Waals surface area contributed by atoms with Crippen LogP contribution in [0.1, 0.15) is 78.6 Å². The van der Waals surface area contributed by atoms with E-state index in [1.54, 1.807) is 24.3 Å². The van der Waals surface area contributed by atoms with Gasteiger partial charge >= 0.3 is 11.9 Å². The van der Waals surface area contributed by atoms with Crippen molar-refractivity contribution in [2.75, 3.05) is 6.61 Å². The van der Waals surface area contributed by atoms with Gasteiger partial charge in [0.2, 0.25) is 0 Å². The van der Waals surface area contributed by atoms with Crippen molar-refractivity contribution in [3.8, 4) is 0 Å². The average Bonchev–Trinajstić information content (AvgIpc) is 3.22. The number of carbonyl (C=O) groups is 2. The molecule has 1 aromatic rings. The van der Waals surface area contributed by atoms with E-state index in [-0.39, 0.29) is 18.9 Å². The average molecular weight is 585 g/mol. The fourth-order valence-corrected chi connectivity index (χ4v) is 9.08. The molecule has 0 amide bonds. The van der Waals surface area contributed by atoms with Crippen LogP contribution in [0.25, 0.3) is 0 Å². The first-order chi connectivity index (χ1) is 19.5. The Kier molecular flexibility index (Phi) is 6.62. The second-order valence-corrected chi connectivity index (χ2v) is 14.4. The second-order valence-electron chi connectivity index (χ2n) is 14.4. The Labute approximate surface area is 247 Å². The van der Waals surface area contributed by atoms with Gasteiger partial charge in [0.25, 0.3) is 0 Å². The second kappa shape index (κ2) is 9.35. The van der Waals surface area contributed by atoms with Gasteiger partial charge in [-0.1, -0.05) is 45.9 Å². The third-order valence-corrected chi connectivity index (χ3v) is 11.4. The minimum absolute atomic E-state index is 0.0734. The molecule has 2 N–H and O–H groups in total. The first kappa shape index (κ1) is 29.8. The molecule has 2 heterocycles. The van der Waals surface area contributed by atoms with E-state index in [9.17, 15) is 19.8 Å². The van der Waals surface area contributed by atoms with E-state index in [1.165, 1.54) is 6.92 Å².